The first-order valence-corrected chi connectivity index (χ1v) is 11.2. The van der Waals surface area contributed by atoms with E-state index in [9.17, 15) is 9.59 Å². The van der Waals surface area contributed by atoms with Crippen LogP contribution in [0.15, 0.2) is 18.3 Å². The second-order valence-corrected chi connectivity index (χ2v) is 8.35. The molecule has 0 aliphatic carbocycles. The van der Waals surface area contributed by atoms with E-state index >= 15 is 0 Å². The van der Waals surface area contributed by atoms with Gasteiger partial charge in [-0.2, -0.15) is 0 Å². The van der Waals surface area contributed by atoms with Crippen molar-refractivity contribution in [2.45, 2.75) is 58.2 Å². The van der Waals surface area contributed by atoms with Crippen LogP contribution < -0.4 is 19.5 Å². The number of methoxy groups -OCH3 is 3. The Morgan fingerprint density at radius 1 is 1.12 bits per heavy atom. The minimum absolute atomic E-state index is 0.0275. The number of rotatable bonds is 9. The lowest BCUT2D eigenvalue weighted by Crippen LogP contribution is -2.44. The molecule has 1 fully saturated rings. The van der Waals surface area contributed by atoms with E-state index in [-0.39, 0.29) is 29.6 Å². The van der Waals surface area contributed by atoms with Gasteiger partial charge in [0.25, 0.3) is 11.8 Å². The molecule has 1 aromatic carbocycles. The average Bonchev–Trinajstić information content (AvgIpc) is 3.30. The van der Waals surface area contributed by atoms with E-state index in [4.69, 9.17) is 14.2 Å². The zero-order valence-electron chi connectivity index (χ0n) is 20.0. The van der Waals surface area contributed by atoms with E-state index in [2.05, 4.69) is 15.6 Å². The smallest absolute Gasteiger partial charge is 0.273 e. The van der Waals surface area contributed by atoms with Gasteiger partial charge in [-0.25, -0.2) is 0 Å². The summed E-state index contributed by atoms with van der Waals surface area (Å²) in [6, 6.07) is 3.46. The number of nitrogens with one attached hydrogen (secondary N) is 1. The van der Waals surface area contributed by atoms with E-state index in [1.807, 2.05) is 18.7 Å². The summed E-state index contributed by atoms with van der Waals surface area (Å²) in [5.41, 5.74) is 0.780. The lowest BCUT2D eigenvalue weighted by Gasteiger charge is -2.36. The molecule has 33 heavy (non-hydrogen) atoms. The van der Waals surface area contributed by atoms with Crippen LogP contribution in [0.3, 0.4) is 0 Å². The molecule has 10 heteroatoms. The molecule has 0 bridgehead atoms. The number of benzene rings is 1. The second-order valence-electron chi connectivity index (χ2n) is 8.35. The number of piperidine rings is 1. The number of nitrogens with zero attached hydrogens (tertiary/aromatic N) is 4. The molecule has 1 atom stereocenters. The molecular weight excluding hydrogens is 426 g/mol. The van der Waals surface area contributed by atoms with Crippen molar-refractivity contribution in [3.8, 4) is 17.2 Å². The zero-order valence-corrected chi connectivity index (χ0v) is 20.0. The fourth-order valence-corrected chi connectivity index (χ4v) is 4.07. The summed E-state index contributed by atoms with van der Waals surface area (Å²) in [6.07, 6.45) is 5.28. The van der Waals surface area contributed by atoms with Gasteiger partial charge < -0.3 is 24.4 Å². The molecule has 180 valence electrons. The highest BCUT2D eigenvalue weighted by Gasteiger charge is 2.29. The molecule has 1 unspecified atom stereocenters. The first-order chi connectivity index (χ1) is 15.9. The monoisotopic (exact) mass is 459 g/mol. The normalized spacial score (nSPS) is 15.9. The molecule has 0 radical (unpaired) electrons. The number of likely N-dealkylation sites (tertiary alicyclic amines) is 1. The summed E-state index contributed by atoms with van der Waals surface area (Å²) >= 11 is 0. The number of ether oxygens (including phenoxy) is 3. The Morgan fingerprint density at radius 3 is 2.42 bits per heavy atom. The topological polar surface area (TPSA) is 108 Å². The van der Waals surface area contributed by atoms with Crippen LogP contribution in [0.5, 0.6) is 17.2 Å². The van der Waals surface area contributed by atoms with Crippen molar-refractivity contribution in [1.29, 1.82) is 0 Å². The van der Waals surface area contributed by atoms with Crippen molar-refractivity contribution in [2.24, 2.45) is 0 Å². The van der Waals surface area contributed by atoms with Crippen LogP contribution in [-0.4, -0.2) is 71.7 Å². The number of aromatic nitrogens is 3. The lowest BCUT2D eigenvalue weighted by molar-refractivity contribution is 0.0592. The van der Waals surface area contributed by atoms with Gasteiger partial charge in [-0.3, -0.25) is 14.3 Å². The van der Waals surface area contributed by atoms with Gasteiger partial charge in [0, 0.05) is 30.7 Å². The Hall–Kier alpha value is -3.30. The third kappa shape index (κ3) is 5.74. The van der Waals surface area contributed by atoms with Gasteiger partial charge in [-0.05, 0) is 51.7 Å². The van der Waals surface area contributed by atoms with E-state index < -0.39 is 0 Å². The maximum absolute atomic E-state index is 13.4. The highest BCUT2D eigenvalue weighted by atomic mass is 16.5. The fourth-order valence-electron chi connectivity index (χ4n) is 4.07. The summed E-state index contributed by atoms with van der Waals surface area (Å²) < 4.78 is 17.8. The maximum Gasteiger partial charge on any atom is 0.273 e. The Bertz CT molecular complexity index is 949. The first kappa shape index (κ1) is 24.3. The number of amides is 2. The molecule has 1 aromatic heterocycles. The van der Waals surface area contributed by atoms with Crippen molar-refractivity contribution < 1.29 is 23.8 Å². The molecule has 0 spiro atoms. The molecule has 1 saturated heterocycles. The third-order valence-electron chi connectivity index (χ3n) is 5.68. The van der Waals surface area contributed by atoms with E-state index in [0.29, 0.717) is 42.3 Å². The summed E-state index contributed by atoms with van der Waals surface area (Å²) in [5, 5.41) is 10.9. The highest BCUT2D eigenvalue weighted by molar-refractivity contribution is 5.96. The van der Waals surface area contributed by atoms with Crippen molar-refractivity contribution in [3.05, 3.63) is 29.6 Å². The Balaban J connectivity index is 1.72. The zero-order chi connectivity index (χ0) is 24.0. The Morgan fingerprint density at radius 2 is 1.82 bits per heavy atom. The van der Waals surface area contributed by atoms with Crippen molar-refractivity contribution in [1.82, 2.24) is 25.2 Å². The van der Waals surface area contributed by atoms with Gasteiger partial charge in [-0.15, -0.1) is 5.10 Å². The summed E-state index contributed by atoms with van der Waals surface area (Å²) in [6.45, 7) is 5.03. The van der Waals surface area contributed by atoms with Crippen molar-refractivity contribution in [2.75, 3.05) is 27.9 Å². The molecule has 3 rings (SSSR count). The minimum Gasteiger partial charge on any atom is -0.493 e. The van der Waals surface area contributed by atoms with Gasteiger partial charge in [0.05, 0.1) is 27.5 Å². The van der Waals surface area contributed by atoms with Gasteiger partial charge in [0.2, 0.25) is 5.75 Å². The molecule has 0 saturated carbocycles. The van der Waals surface area contributed by atoms with E-state index in [0.717, 1.165) is 19.3 Å². The van der Waals surface area contributed by atoms with Gasteiger partial charge >= 0.3 is 0 Å². The number of carbonyl (C=O) groups is 2. The predicted octanol–water partition coefficient (Wildman–Crippen LogP) is 2.53. The number of hydrogen-bond donors (Lipinski definition) is 1. The van der Waals surface area contributed by atoms with Crippen molar-refractivity contribution >= 4 is 11.8 Å². The fraction of sp³-hybridized carbons (Fsp3) is 0.565. The molecule has 1 aliphatic heterocycles. The van der Waals surface area contributed by atoms with E-state index in [1.165, 1.54) is 21.3 Å². The van der Waals surface area contributed by atoms with Crippen LogP contribution in [0.25, 0.3) is 0 Å². The Labute approximate surface area is 194 Å². The number of hydrogen-bond acceptors (Lipinski definition) is 7. The molecule has 1 N–H and O–H groups in total. The third-order valence-corrected chi connectivity index (χ3v) is 5.68. The lowest BCUT2D eigenvalue weighted by atomic mass is 9.98. The quantitative estimate of drug-likeness (QED) is 0.614. The van der Waals surface area contributed by atoms with Crippen LogP contribution in [0, 0.1) is 0 Å². The highest BCUT2D eigenvalue weighted by Crippen LogP contribution is 2.39. The van der Waals surface area contributed by atoms with Crippen LogP contribution in [0.1, 0.15) is 60.4 Å². The predicted molar refractivity (Wildman–Crippen MR) is 122 cm³/mol. The van der Waals surface area contributed by atoms with E-state index in [1.54, 1.807) is 23.0 Å². The molecule has 1 aliphatic rings. The van der Waals surface area contributed by atoms with Crippen LogP contribution in [0.2, 0.25) is 0 Å². The first-order valence-electron chi connectivity index (χ1n) is 11.2. The Kier molecular flexibility index (Phi) is 8.13. The van der Waals surface area contributed by atoms with Gasteiger partial charge in [0.15, 0.2) is 17.2 Å². The molecule has 2 amide bonds. The minimum atomic E-state index is -0.242. The maximum atomic E-state index is 13.4. The SMILES string of the molecule is COc1cc(C(=O)N2CCCCC2CCn2cc(C(=O)NC(C)C)nn2)cc(OC)c1OC. The molecular formula is C23H33N5O5. The second kappa shape index (κ2) is 11.0. The van der Waals surface area contributed by atoms with Crippen LogP contribution in [0.4, 0.5) is 0 Å². The number of carbonyl (C=O) groups excluding carboxylic acids is 2. The summed E-state index contributed by atoms with van der Waals surface area (Å²) in [7, 11) is 4.59. The summed E-state index contributed by atoms with van der Waals surface area (Å²) in [5.74, 6) is 1.03. The van der Waals surface area contributed by atoms with Gasteiger partial charge in [-0.1, -0.05) is 5.21 Å². The van der Waals surface area contributed by atoms with Gasteiger partial charge in [0.1, 0.15) is 0 Å². The van der Waals surface area contributed by atoms with Crippen molar-refractivity contribution in [3.63, 3.8) is 0 Å². The largest absolute Gasteiger partial charge is 0.493 e. The number of aryl methyl sites for hydroxylation is 1. The molecule has 10 nitrogen and oxygen atoms in total. The molecule has 2 heterocycles. The standard InChI is InChI=1S/C23H33N5O5/c1-15(2)24-22(29)18-14-27(26-25-18)11-9-17-8-6-7-10-28(17)23(30)16-12-19(31-3)21(33-5)20(13-16)32-4/h12-15,17H,6-11H2,1-5H3,(H,24,29). The average molecular weight is 460 g/mol. The summed E-state index contributed by atoms with van der Waals surface area (Å²) in [4.78, 5) is 27.5. The van der Waals surface area contributed by atoms with Crippen LogP contribution in [-0.2, 0) is 6.54 Å². The van der Waals surface area contributed by atoms with Crippen LogP contribution >= 0.6 is 0 Å². The molecule has 2 aromatic rings.